The van der Waals surface area contributed by atoms with Crippen molar-refractivity contribution in [1.82, 2.24) is 0 Å². The largest absolute Gasteiger partial charge is 0.207 e. The molecule has 21 heavy (non-hydrogen) atoms. The zero-order valence-corrected chi connectivity index (χ0v) is 13.1. The second kappa shape index (κ2) is 5.74. The van der Waals surface area contributed by atoms with Crippen LogP contribution in [-0.4, -0.2) is 0 Å². The average Bonchev–Trinajstić information content (AvgIpc) is 2.47. The standard InChI is InChI=1S/C17H10BrClF2/c18-13-9-8-12(10-4-1-2-5-11(10)13)17(19)16-14(20)6-3-7-15(16)21/h1-9,17H. The van der Waals surface area contributed by atoms with Gasteiger partial charge in [0, 0.05) is 10.0 Å². The van der Waals surface area contributed by atoms with Gasteiger partial charge >= 0.3 is 0 Å². The van der Waals surface area contributed by atoms with Gasteiger partial charge in [0.2, 0.25) is 0 Å². The molecule has 0 aromatic heterocycles. The van der Waals surface area contributed by atoms with Crippen LogP contribution in [0.25, 0.3) is 10.8 Å². The highest BCUT2D eigenvalue weighted by atomic mass is 79.9. The summed E-state index contributed by atoms with van der Waals surface area (Å²) in [6, 6.07) is 15.0. The minimum Gasteiger partial charge on any atom is -0.207 e. The molecule has 0 aliphatic rings. The van der Waals surface area contributed by atoms with Gasteiger partial charge in [-0.25, -0.2) is 8.78 Å². The maximum Gasteiger partial charge on any atom is 0.131 e. The zero-order chi connectivity index (χ0) is 15.0. The Bertz CT molecular complexity index is 797. The Hall–Kier alpha value is -1.45. The number of rotatable bonds is 2. The third-order valence-corrected chi connectivity index (χ3v) is 4.58. The Balaban J connectivity index is 2.23. The normalized spacial score (nSPS) is 12.6. The molecule has 0 radical (unpaired) electrons. The van der Waals surface area contributed by atoms with Gasteiger partial charge in [0.05, 0.1) is 5.38 Å². The summed E-state index contributed by atoms with van der Waals surface area (Å²) in [5.74, 6) is -1.27. The summed E-state index contributed by atoms with van der Waals surface area (Å²) in [5, 5.41) is 0.941. The van der Waals surface area contributed by atoms with Gasteiger partial charge in [0.1, 0.15) is 11.6 Å². The lowest BCUT2D eigenvalue weighted by molar-refractivity contribution is 0.559. The molecule has 4 heteroatoms. The van der Waals surface area contributed by atoms with E-state index in [0.717, 1.165) is 15.2 Å². The average molecular weight is 368 g/mol. The molecule has 3 aromatic carbocycles. The first-order valence-electron chi connectivity index (χ1n) is 6.34. The number of fused-ring (bicyclic) bond motifs is 1. The quantitative estimate of drug-likeness (QED) is 0.472. The van der Waals surface area contributed by atoms with Crippen LogP contribution in [0.1, 0.15) is 16.5 Å². The maximum absolute atomic E-state index is 13.9. The van der Waals surface area contributed by atoms with Crippen molar-refractivity contribution in [2.45, 2.75) is 5.38 Å². The SMILES string of the molecule is Fc1cccc(F)c1C(Cl)c1ccc(Br)c2ccccc12. The summed E-state index contributed by atoms with van der Waals surface area (Å²) in [6.07, 6.45) is 0. The van der Waals surface area contributed by atoms with Crippen molar-refractivity contribution in [2.24, 2.45) is 0 Å². The molecule has 0 bridgehead atoms. The third-order valence-electron chi connectivity index (χ3n) is 3.43. The van der Waals surface area contributed by atoms with Crippen molar-refractivity contribution in [2.75, 3.05) is 0 Å². The summed E-state index contributed by atoms with van der Waals surface area (Å²) in [5.41, 5.74) is 0.561. The van der Waals surface area contributed by atoms with Crippen LogP contribution < -0.4 is 0 Å². The molecule has 1 atom stereocenters. The van der Waals surface area contributed by atoms with Crippen molar-refractivity contribution in [3.8, 4) is 0 Å². The zero-order valence-electron chi connectivity index (χ0n) is 10.8. The number of halogens is 4. The minimum atomic E-state index is -0.885. The summed E-state index contributed by atoms with van der Waals surface area (Å²) in [6.45, 7) is 0. The smallest absolute Gasteiger partial charge is 0.131 e. The van der Waals surface area contributed by atoms with Crippen LogP contribution in [0.5, 0.6) is 0 Å². The van der Waals surface area contributed by atoms with Gasteiger partial charge in [0.15, 0.2) is 0 Å². The fourth-order valence-electron chi connectivity index (χ4n) is 2.41. The molecule has 0 spiro atoms. The lowest BCUT2D eigenvalue weighted by atomic mass is 9.97. The monoisotopic (exact) mass is 366 g/mol. The predicted octanol–water partition coefficient (Wildman–Crippen LogP) is 6.21. The van der Waals surface area contributed by atoms with E-state index < -0.39 is 17.0 Å². The number of hydrogen-bond acceptors (Lipinski definition) is 0. The lowest BCUT2D eigenvalue weighted by Crippen LogP contribution is -2.01. The molecule has 0 fully saturated rings. The Morgan fingerprint density at radius 1 is 0.810 bits per heavy atom. The van der Waals surface area contributed by atoms with E-state index in [0.29, 0.717) is 5.56 Å². The Morgan fingerprint density at radius 3 is 2.10 bits per heavy atom. The number of benzene rings is 3. The van der Waals surface area contributed by atoms with E-state index in [4.69, 9.17) is 11.6 Å². The Labute approximate surface area is 134 Å². The summed E-state index contributed by atoms with van der Waals surface area (Å²) >= 11 is 9.85. The van der Waals surface area contributed by atoms with E-state index >= 15 is 0 Å². The van der Waals surface area contributed by atoms with E-state index in [-0.39, 0.29) is 5.56 Å². The molecule has 0 saturated heterocycles. The summed E-state index contributed by atoms with van der Waals surface area (Å²) < 4.78 is 28.8. The summed E-state index contributed by atoms with van der Waals surface area (Å²) in [7, 11) is 0. The van der Waals surface area contributed by atoms with Crippen LogP contribution in [0.3, 0.4) is 0 Å². The van der Waals surface area contributed by atoms with Gasteiger partial charge in [-0.15, -0.1) is 11.6 Å². The molecule has 0 N–H and O–H groups in total. The molecule has 1 unspecified atom stereocenters. The van der Waals surface area contributed by atoms with E-state index in [1.165, 1.54) is 18.2 Å². The highest BCUT2D eigenvalue weighted by molar-refractivity contribution is 9.10. The molecule has 0 saturated carbocycles. The molecule has 0 heterocycles. The van der Waals surface area contributed by atoms with Crippen LogP contribution in [0.4, 0.5) is 8.78 Å². The van der Waals surface area contributed by atoms with Crippen molar-refractivity contribution in [3.63, 3.8) is 0 Å². The van der Waals surface area contributed by atoms with Gasteiger partial charge in [-0.3, -0.25) is 0 Å². The van der Waals surface area contributed by atoms with Gasteiger partial charge in [-0.1, -0.05) is 52.3 Å². The molecular weight excluding hydrogens is 358 g/mol. The molecular formula is C17H10BrClF2. The van der Waals surface area contributed by atoms with Crippen molar-refractivity contribution < 1.29 is 8.78 Å². The Morgan fingerprint density at radius 2 is 1.43 bits per heavy atom. The van der Waals surface area contributed by atoms with Crippen LogP contribution in [0.15, 0.2) is 59.1 Å². The molecule has 0 amide bonds. The van der Waals surface area contributed by atoms with E-state index in [1.807, 2.05) is 30.3 Å². The fourth-order valence-corrected chi connectivity index (χ4v) is 3.29. The molecule has 0 aliphatic heterocycles. The number of hydrogen-bond donors (Lipinski definition) is 0. The molecule has 3 aromatic rings. The number of alkyl halides is 1. The van der Waals surface area contributed by atoms with Crippen molar-refractivity contribution in [1.29, 1.82) is 0 Å². The first-order valence-corrected chi connectivity index (χ1v) is 7.57. The molecule has 3 rings (SSSR count). The van der Waals surface area contributed by atoms with E-state index in [9.17, 15) is 8.78 Å². The second-order valence-electron chi connectivity index (χ2n) is 4.68. The molecule has 106 valence electrons. The van der Waals surface area contributed by atoms with Crippen molar-refractivity contribution in [3.05, 3.63) is 81.8 Å². The topological polar surface area (TPSA) is 0 Å². The second-order valence-corrected chi connectivity index (χ2v) is 5.97. The van der Waals surface area contributed by atoms with Crippen LogP contribution >= 0.6 is 27.5 Å². The predicted molar refractivity (Wildman–Crippen MR) is 85.7 cm³/mol. The van der Waals surface area contributed by atoms with Gasteiger partial charge < -0.3 is 0 Å². The minimum absolute atomic E-state index is 0.119. The van der Waals surface area contributed by atoms with Gasteiger partial charge in [-0.2, -0.15) is 0 Å². The fraction of sp³-hybridized carbons (Fsp3) is 0.0588. The van der Waals surface area contributed by atoms with Crippen LogP contribution in [-0.2, 0) is 0 Å². The molecule has 0 nitrogen and oxygen atoms in total. The highest BCUT2D eigenvalue weighted by Crippen LogP contribution is 2.38. The van der Waals surface area contributed by atoms with E-state index in [1.54, 1.807) is 6.07 Å². The first-order chi connectivity index (χ1) is 10.1. The molecule has 0 aliphatic carbocycles. The highest BCUT2D eigenvalue weighted by Gasteiger charge is 2.21. The van der Waals surface area contributed by atoms with Crippen molar-refractivity contribution >= 4 is 38.3 Å². The summed E-state index contributed by atoms with van der Waals surface area (Å²) in [4.78, 5) is 0. The van der Waals surface area contributed by atoms with Gasteiger partial charge in [-0.05, 0) is 34.5 Å². The third kappa shape index (κ3) is 2.56. The van der Waals surface area contributed by atoms with Crippen LogP contribution in [0, 0.1) is 11.6 Å². The maximum atomic E-state index is 13.9. The van der Waals surface area contributed by atoms with Gasteiger partial charge in [0.25, 0.3) is 0 Å². The van der Waals surface area contributed by atoms with E-state index in [2.05, 4.69) is 15.9 Å². The van der Waals surface area contributed by atoms with Crippen LogP contribution in [0.2, 0.25) is 0 Å². The lowest BCUT2D eigenvalue weighted by Gasteiger charge is -2.15. The first kappa shape index (κ1) is 14.5. The Kier molecular flexibility index (Phi) is 3.96.